The fraction of sp³-hybridized carbons (Fsp3) is 0.286. The van der Waals surface area contributed by atoms with E-state index in [4.69, 9.17) is 21.1 Å². The minimum absolute atomic E-state index is 0.0855. The summed E-state index contributed by atoms with van der Waals surface area (Å²) in [5.74, 6) is 0.464. The quantitative estimate of drug-likeness (QED) is 0.840. The Morgan fingerprint density at radius 2 is 2.00 bits per heavy atom. The third-order valence-electron chi connectivity index (χ3n) is 3.04. The first-order chi connectivity index (χ1) is 10.3. The maximum absolute atomic E-state index is 11.9. The Hall–Kier alpha value is -1.54. The van der Waals surface area contributed by atoms with Crippen molar-refractivity contribution < 1.29 is 17.9 Å². The highest BCUT2D eigenvalue weighted by atomic mass is 35.5. The number of nitrogens with zero attached hydrogens (tertiary/aromatic N) is 1. The summed E-state index contributed by atoms with van der Waals surface area (Å²) < 4.78 is 30.3. The van der Waals surface area contributed by atoms with Gasteiger partial charge in [0.15, 0.2) is 0 Å². The van der Waals surface area contributed by atoms with Gasteiger partial charge in [-0.15, -0.1) is 0 Å². The molecule has 1 aromatic carbocycles. The normalized spacial score (nSPS) is 11.9. The Morgan fingerprint density at radius 3 is 2.64 bits per heavy atom. The number of anilines is 1. The van der Waals surface area contributed by atoms with E-state index in [9.17, 15) is 8.42 Å². The fourth-order valence-electron chi connectivity index (χ4n) is 1.76. The van der Waals surface area contributed by atoms with Gasteiger partial charge in [-0.3, -0.25) is 0 Å². The summed E-state index contributed by atoms with van der Waals surface area (Å²) in [4.78, 5) is 0. The molecule has 22 heavy (non-hydrogen) atoms. The number of sulfonamides is 1. The van der Waals surface area contributed by atoms with E-state index in [2.05, 4.69) is 5.32 Å². The molecule has 2 aromatic rings. The van der Waals surface area contributed by atoms with Crippen LogP contribution in [0.25, 0.3) is 0 Å². The fourth-order valence-corrected chi connectivity index (χ4v) is 2.76. The van der Waals surface area contributed by atoms with Gasteiger partial charge >= 0.3 is 0 Å². The molecule has 2 N–H and O–H groups in total. The summed E-state index contributed by atoms with van der Waals surface area (Å²) in [7, 11) is -0.697. The van der Waals surface area contributed by atoms with Crippen LogP contribution in [0, 0.1) is 0 Å². The number of rotatable bonds is 6. The lowest BCUT2D eigenvalue weighted by atomic mass is 10.2. The number of benzene rings is 1. The van der Waals surface area contributed by atoms with Gasteiger partial charge < -0.3 is 14.8 Å². The molecule has 2 rings (SSSR count). The third-order valence-corrected chi connectivity index (χ3v) is 5.06. The Bertz CT molecular complexity index is 756. The standard InChI is InChI=1S/C14H17ClN2O4S/c1-17(2)22(19,20)14-6-4-11(21-14)8-16-13-7-10(9-18)3-5-12(13)15/h3-7,16,18H,8-9H2,1-2H3. The van der Waals surface area contributed by atoms with Gasteiger partial charge in [-0.2, -0.15) is 0 Å². The monoisotopic (exact) mass is 344 g/mol. The van der Waals surface area contributed by atoms with Crippen LogP contribution < -0.4 is 5.32 Å². The number of hydrogen-bond donors (Lipinski definition) is 2. The Labute approximate surface area is 134 Å². The SMILES string of the molecule is CN(C)S(=O)(=O)c1ccc(CNc2cc(CO)ccc2Cl)o1. The Balaban J connectivity index is 2.12. The van der Waals surface area contributed by atoms with Crippen LogP contribution >= 0.6 is 11.6 Å². The van der Waals surface area contributed by atoms with Crippen LogP contribution in [0.2, 0.25) is 5.02 Å². The summed E-state index contributed by atoms with van der Waals surface area (Å²) >= 11 is 6.06. The molecule has 0 saturated heterocycles. The predicted molar refractivity (Wildman–Crippen MR) is 84.3 cm³/mol. The molecule has 0 spiro atoms. The van der Waals surface area contributed by atoms with Crippen LogP contribution in [-0.4, -0.2) is 31.9 Å². The minimum Gasteiger partial charge on any atom is -0.446 e. The first-order valence-corrected chi connectivity index (χ1v) is 8.31. The van der Waals surface area contributed by atoms with E-state index in [1.165, 1.54) is 20.2 Å². The lowest BCUT2D eigenvalue weighted by molar-refractivity contribution is 0.282. The van der Waals surface area contributed by atoms with E-state index >= 15 is 0 Å². The summed E-state index contributed by atoms with van der Waals surface area (Å²) in [5.41, 5.74) is 1.36. The maximum atomic E-state index is 11.9. The molecule has 0 amide bonds. The Kier molecular flexibility index (Phi) is 5.12. The van der Waals surface area contributed by atoms with E-state index in [0.717, 1.165) is 9.87 Å². The summed E-state index contributed by atoms with van der Waals surface area (Å²) in [6, 6.07) is 8.13. The van der Waals surface area contributed by atoms with Crippen LogP contribution in [0.4, 0.5) is 5.69 Å². The number of hydrogen-bond acceptors (Lipinski definition) is 5. The molecule has 0 aliphatic heterocycles. The molecule has 0 atom stereocenters. The molecule has 0 unspecified atom stereocenters. The van der Waals surface area contributed by atoms with Crippen molar-refractivity contribution in [2.75, 3.05) is 19.4 Å². The summed E-state index contributed by atoms with van der Waals surface area (Å²) in [6.07, 6.45) is 0. The van der Waals surface area contributed by atoms with Crippen molar-refractivity contribution in [1.82, 2.24) is 4.31 Å². The summed E-state index contributed by atoms with van der Waals surface area (Å²) in [6.45, 7) is 0.190. The number of aliphatic hydroxyl groups excluding tert-OH is 1. The molecule has 6 nitrogen and oxygen atoms in total. The number of halogens is 1. The van der Waals surface area contributed by atoms with Crippen molar-refractivity contribution in [3.8, 4) is 0 Å². The van der Waals surface area contributed by atoms with Crippen LogP contribution in [0.15, 0.2) is 39.8 Å². The van der Waals surface area contributed by atoms with Crippen molar-refractivity contribution in [2.45, 2.75) is 18.2 Å². The van der Waals surface area contributed by atoms with Gasteiger partial charge in [0.05, 0.1) is 23.9 Å². The van der Waals surface area contributed by atoms with Gasteiger partial charge in [-0.1, -0.05) is 17.7 Å². The van der Waals surface area contributed by atoms with E-state index in [1.807, 2.05) is 0 Å². The minimum atomic E-state index is -3.58. The van der Waals surface area contributed by atoms with Crippen molar-refractivity contribution >= 4 is 27.3 Å². The van der Waals surface area contributed by atoms with E-state index in [-0.39, 0.29) is 18.2 Å². The molecule has 0 aliphatic rings. The zero-order chi connectivity index (χ0) is 16.3. The highest BCUT2D eigenvalue weighted by molar-refractivity contribution is 7.88. The molecule has 1 heterocycles. The highest BCUT2D eigenvalue weighted by Crippen LogP contribution is 2.24. The van der Waals surface area contributed by atoms with Gasteiger partial charge in [-0.05, 0) is 29.8 Å². The predicted octanol–water partition coefficient (Wildman–Crippen LogP) is 2.29. The zero-order valence-corrected chi connectivity index (χ0v) is 13.8. The second-order valence-electron chi connectivity index (χ2n) is 4.83. The van der Waals surface area contributed by atoms with Gasteiger partial charge in [0.1, 0.15) is 5.76 Å². The third kappa shape index (κ3) is 3.61. The average Bonchev–Trinajstić information content (AvgIpc) is 2.96. The van der Waals surface area contributed by atoms with E-state index in [1.54, 1.807) is 24.3 Å². The molecule has 0 fully saturated rings. The lowest BCUT2D eigenvalue weighted by Gasteiger charge is -2.09. The summed E-state index contributed by atoms with van der Waals surface area (Å²) in [5, 5.41) is 12.6. The highest BCUT2D eigenvalue weighted by Gasteiger charge is 2.21. The van der Waals surface area contributed by atoms with Crippen LogP contribution in [0.5, 0.6) is 0 Å². The van der Waals surface area contributed by atoms with Gasteiger partial charge in [0.2, 0.25) is 5.09 Å². The largest absolute Gasteiger partial charge is 0.446 e. The first-order valence-electron chi connectivity index (χ1n) is 6.49. The zero-order valence-electron chi connectivity index (χ0n) is 12.2. The number of nitrogens with one attached hydrogen (secondary N) is 1. The van der Waals surface area contributed by atoms with E-state index < -0.39 is 10.0 Å². The molecule has 0 saturated carbocycles. The van der Waals surface area contributed by atoms with Crippen molar-refractivity contribution in [1.29, 1.82) is 0 Å². The number of furan rings is 1. The topological polar surface area (TPSA) is 82.8 Å². The van der Waals surface area contributed by atoms with Crippen molar-refractivity contribution in [3.05, 3.63) is 46.7 Å². The molecular formula is C14H17ClN2O4S. The smallest absolute Gasteiger partial charge is 0.275 e. The van der Waals surface area contributed by atoms with Crippen LogP contribution in [0.1, 0.15) is 11.3 Å². The molecule has 8 heteroatoms. The Morgan fingerprint density at radius 1 is 1.27 bits per heavy atom. The number of aliphatic hydroxyl groups is 1. The van der Waals surface area contributed by atoms with Crippen LogP contribution in [-0.2, 0) is 23.2 Å². The van der Waals surface area contributed by atoms with E-state index in [0.29, 0.717) is 16.5 Å². The van der Waals surface area contributed by atoms with Gasteiger partial charge in [0.25, 0.3) is 10.0 Å². The molecule has 1 aromatic heterocycles. The van der Waals surface area contributed by atoms with Gasteiger partial charge in [-0.25, -0.2) is 12.7 Å². The van der Waals surface area contributed by atoms with Crippen molar-refractivity contribution in [2.24, 2.45) is 0 Å². The lowest BCUT2D eigenvalue weighted by Crippen LogP contribution is -2.21. The molecule has 0 aliphatic carbocycles. The first kappa shape index (κ1) is 16.8. The van der Waals surface area contributed by atoms with Gasteiger partial charge in [0, 0.05) is 14.1 Å². The van der Waals surface area contributed by atoms with Crippen molar-refractivity contribution in [3.63, 3.8) is 0 Å². The second kappa shape index (κ2) is 6.70. The average molecular weight is 345 g/mol. The molecule has 0 bridgehead atoms. The maximum Gasteiger partial charge on any atom is 0.275 e. The molecular weight excluding hydrogens is 328 g/mol. The van der Waals surface area contributed by atoms with Crippen LogP contribution in [0.3, 0.4) is 0 Å². The second-order valence-corrected chi connectivity index (χ2v) is 7.32. The molecule has 120 valence electrons. The molecule has 0 radical (unpaired) electrons.